The van der Waals surface area contributed by atoms with Gasteiger partial charge in [0.2, 0.25) is 0 Å². The van der Waals surface area contributed by atoms with Crippen LogP contribution < -0.4 is 20.7 Å². The Morgan fingerprint density at radius 3 is 1.34 bits per heavy atom. The molecule has 12 aromatic rings. The molecule has 0 unspecified atom stereocenters. The van der Waals surface area contributed by atoms with Crippen molar-refractivity contribution < 1.29 is 4.42 Å². The number of rotatable bonds is 7. The van der Waals surface area contributed by atoms with Crippen molar-refractivity contribution in [2.45, 2.75) is 0 Å². The first-order chi connectivity index (χ1) is 30.8. The van der Waals surface area contributed by atoms with Crippen LogP contribution in [0.25, 0.3) is 87.6 Å². The highest BCUT2D eigenvalue weighted by Gasteiger charge is 2.41. The molecule has 0 amide bonds. The molecule has 0 N–H and O–H groups in total. The van der Waals surface area contributed by atoms with Crippen LogP contribution in [0.5, 0.6) is 0 Å². The molecule has 11 aromatic carbocycles. The fraction of sp³-hybridized carbons (Fsp3) is 0. The molecule has 290 valence electrons. The first kappa shape index (κ1) is 36.1. The highest BCUT2D eigenvalue weighted by molar-refractivity contribution is 7.20. The van der Waals surface area contributed by atoms with Crippen molar-refractivity contribution in [2.75, 3.05) is 0 Å². The SMILES string of the molecule is c1ccc([Si](c2ccccc2)(c2ccccc2)c2ccc3c(c2)oc2ccc(-c4ccc(-c5c6ccccc6c(-c6cccc7ccccc67)c6ccccc56)cc4)cc23)cc1. The van der Waals surface area contributed by atoms with E-state index in [1.807, 2.05) is 0 Å². The quantitative estimate of drug-likeness (QED) is 0.0888. The summed E-state index contributed by atoms with van der Waals surface area (Å²) >= 11 is 0. The summed E-state index contributed by atoms with van der Waals surface area (Å²) < 4.78 is 6.73. The van der Waals surface area contributed by atoms with Gasteiger partial charge in [0.15, 0.2) is 8.07 Å². The Bertz CT molecular complexity index is 3450. The van der Waals surface area contributed by atoms with Gasteiger partial charge in [0.25, 0.3) is 0 Å². The number of hydrogen-bond acceptors (Lipinski definition) is 1. The van der Waals surface area contributed by atoms with Gasteiger partial charge < -0.3 is 4.42 Å². The smallest absolute Gasteiger partial charge is 0.179 e. The summed E-state index contributed by atoms with van der Waals surface area (Å²) in [5.41, 5.74) is 9.17. The summed E-state index contributed by atoms with van der Waals surface area (Å²) in [7, 11) is -2.69. The lowest BCUT2D eigenvalue weighted by Crippen LogP contribution is -2.74. The van der Waals surface area contributed by atoms with E-state index in [4.69, 9.17) is 4.42 Å². The maximum Gasteiger partial charge on any atom is 0.179 e. The van der Waals surface area contributed by atoms with Gasteiger partial charge in [-0.25, -0.2) is 0 Å². The van der Waals surface area contributed by atoms with Crippen LogP contribution in [0.2, 0.25) is 0 Å². The minimum Gasteiger partial charge on any atom is -0.456 e. The topological polar surface area (TPSA) is 13.1 Å². The molecule has 0 aliphatic rings. The third-order valence-corrected chi connectivity index (χ3v) is 17.8. The monoisotopic (exact) mass is 804 g/mol. The zero-order chi connectivity index (χ0) is 41.0. The van der Waals surface area contributed by atoms with Gasteiger partial charge in [-0.05, 0) is 105 Å². The van der Waals surface area contributed by atoms with Crippen molar-refractivity contribution in [1.29, 1.82) is 0 Å². The third-order valence-electron chi connectivity index (χ3n) is 13.0. The largest absolute Gasteiger partial charge is 0.456 e. The van der Waals surface area contributed by atoms with Gasteiger partial charge in [0, 0.05) is 10.8 Å². The second-order valence-corrected chi connectivity index (χ2v) is 20.1. The van der Waals surface area contributed by atoms with E-state index in [1.165, 1.54) is 86.4 Å². The first-order valence-electron chi connectivity index (χ1n) is 21.4. The van der Waals surface area contributed by atoms with Gasteiger partial charge in [-0.15, -0.1) is 0 Å². The zero-order valence-corrected chi connectivity index (χ0v) is 35.0. The molecule has 1 nitrogen and oxygen atoms in total. The Morgan fingerprint density at radius 1 is 0.258 bits per heavy atom. The summed E-state index contributed by atoms with van der Waals surface area (Å²) in [6.45, 7) is 0. The summed E-state index contributed by atoms with van der Waals surface area (Å²) in [5, 5.41) is 15.2. The second kappa shape index (κ2) is 14.7. The van der Waals surface area contributed by atoms with Gasteiger partial charge in [0.1, 0.15) is 11.2 Å². The van der Waals surface area contributed by atoms with Crippen molar-refractivity contribution in [3.63, 3.8) is 0 Å². The van der Waals surface area contributed by atoms with Crippen molar-refractivity contribution in [2.24, 2.45) is 0 Å². The van der Waals surface area contributed by atoms with Crippen LogP contribution in [-0.2, 0) is 0 Å². The van der Waals surface area contributed by atoms with Gasteiger partial charge in [-0.2, -0.15) is 0 Å². The molecule has 12 rings (SSSR count). The molecule has 1 heterocycles. The predicted octanol–water partition coefficient (Wildman–Crippen LogP) is 13.4. The molecule has 0 saturated heterocycles. The number of fused-ring (bicyclic) bond motifs is 6. The molecule has 0 radical (unpaired) electrons. The molecule has 0 bridgehead atoms. The molecule has 0 fully saturated rings. The van der Waals surface area contributed by atoms with Crippen LogP contribution in [0.1, 0.15) is 0 Å². The van der Waals surface area contributed by atoms with Crippen molar-refractivity contribution in [1.82, 2.24) is 0 Å². The minimum atomic E-state index is -2.69. The zero-order valence-electron chi connectivity index (χ0n) is 34.0. The van der Waals surface area contributed by atoms with Crippen LogP contribution in [0, 0.1) is 0 Å². The van der Waals surface area contributed by atoms with Gasteiger partial charge in [-0.1, -0.05) is 224 Å². The lowest BCUT2D eigenvalue weighted by Gasteiger charge is -2.34. The molecular weight excluding hydrogens is 765 g/mol. The van der Waals surface area contributed by atoms with Gasteiger partial charge in [-0.3, -0.25) is 0 Å². The Kier molecular flexibility index (Phi) is 8.58. The van der Waals surface area contributed by atoms with Crippen molar-refractivity contribution in [3.05, 3.63) is 243 Å². The van der Waals surface area contributed by atoms with Crippen LogP contribution in [0.4, 0.5) is 0 Å². The highest BCUT2D eigenvalue weighted by atomic mass is 28.3. The maximum absolute atomic E-state index is 6.73. The summed E-state index contributed by atoms with van der Waals surface area (Å²) in [4.78, 5) is 0. The van der Waals surface area contributed by atoms with Crippen LogP contribution in [-0.4, -0.2) is 8.07 Å². The lowest BCUT2D eigenvalue weighted by molar-refractivity contribution is 0.669. The van der Waals surface area contributed by atoms with E-state index in [9.17, 15) is 0 Å². The number of benzene rings is 11. The van der Waals surface area contributed by atoms with Gasteiger partial charge in [0.05, 0.1) is 0 Å². The van der Waals surface area contributed by atoms with Crippen LogP contribution in [0.3, 0.4) is 0 Å². The van der Waals surface area contributed by atoms with E-state index in [2.05, 4.69) is 243 Å². The van der Waals surface area contributed by atoms with Crippen LogP contribution >= 0.6 is 0 Å². The molecule has 1 aromatic heterocycles. The highest BCUT2D eigenvalue weighted by Crippen LogP contribution is 2.45. The molecule has 0 atom stereocenters. The normalized spacial score (nSPS) is 11.9. The lowest BCUT2D eigenvalue weighted by atomic mass is 9.84. The van der Waals surface area contributed by atoms with E-state index in [0.717, 1.165) is 21.9 Å². The molecule has 0 aliphatic carbocycles. The average Bonchev–Trinajstić information content (AvgIpc) is 3.72. The molecule has 0 aliphatic heterocycles. The fourth-order valence-electron chi connectivity index (χ4n) is 10.3. The van der Waals surface area contributed by atoms with E-state index in [1.54, 1.807) is 0 Å². The minimum absolute atomic E-state index is 0.896. The summed E-state index contributed by atoms with van der Waals surface area (Å²) in [5.74, 6) is 0. The molecule has 62 heavy (non-hydrogen) atoms. The van der Waals surface area contributed by atoms with E-state index < -0.39 is 8.07 Å². The molecule has 0 spiro atoms. The fourth-order valence-corrected chi connectivity index (χ4v) is 15.0. The van der Waals surface area contributed by atoms with E-state index in [0.29, 0.717) is 0 Å². The molecule has 2 heteroatoms. The van der Waals surface area contributed by atoms with Crippen LogP contribution in [0.15, 0.2) is 247 Å². The average molecular weight is 805 g/mol. The molecule has 0 saturated carbocycles. The van der Waals surface area contributed by atoms with E-state index in [-0.39, 0.29) is 0 Å². The Hall–Kier alpha value is -7.78. The predicted molar refractivity (Wildman–Crippen MR) is 266 cm³/mol. The number of hydrogen-bond donors (Lipinski definition) is 0. The Balaban J connectivity index is 0.969. The summed E-state index contributed by atoms with van der Waals surface area (Å²) in [6.07, 6.45) is 0. The second-order valence-electron chi connectivity index (χ2n) is 16.3. The standard InChI is InChI=1S/C60H40OSi/c1-4-19-45(20-5-1)62(46-21-6-2-7-22-46,47-23-8-3-9-24-47)48-36-37-50-56-39-44(35-38-57(56)61-58(50)40-48)41-31-33-43(34-32-41)59-52-26-12-14-28-54(52)60(55-29-15-13-27-53(55)59)51-30-16-18-42-17-10-11-25-49(42)51/h1-40H. The van der Waals surface area contributed by atoms with Crippen molar-refractivity contribution >= 4 is 83.1 Å². The summed E-state index contributed by atoms with van der Waals surface area (Å²) in [6, 6.07) is 89.2. The molecular formula is C60H40OSi. The number of furan rings is 1. The Labute approximate surface area is 361 Å². The van der Waals surface area contributed by atoms with Gasteiger partial charge >= 0.3 is 0 Å². The van der Waals surface area contributed by atoms with E-state index >= 15 is 0 Å². The third kappa shape index (κ3) is 5.69. The maximum atomic E-state index is 6.73. The van der Waals surface area contributed by atoms with Crippen molar-refractivity contribution in [3.8, 4) is 33.4 Å². The Morgan fingerprint density at radius 2 is 0.742 bits per heavy atom. The first-order valence-corrected chi connectivity index (χ1v) is 23.4.